The number of phenolic OH excluding ortho intramolecular Hbond substituents is 1. The van der Waals surface area contributed by atoms with Crippen LogP contribution in [0.15, 0.2) is 65.7 Å². The number of imidazole rings is 1. The van der Waals surface area contributed by atoms with Crippen molar-refractivity contribution < 1.29 is 9.90 Å². The maximum Gasteiger partial charge on any atom is 0.259 e. The number of H-pyrrole nitrogens is 1. The topological polar surface area (TPSA) is 114 Å². The highest BCUT2D eigenvalue weighted by Gasteiger charge is 2.23. The van der Waals surface area contributed by atoms with E-state index in [4.69, 9.17) is 5.73 Å². The first-order valence-electron chi connectivity index (χ1n) is 9.16. The Hall–Kier alpha value is -3.87. The molecule has 0 radical (unpaired) electrons. The lowest BCUT2D eigenvalue weighted by Gasteiger charge is -2.18. The summed E-state index contributed by atoms with van der Waals surface area (Å²) in [5, 5.41) is 10.3. The Morgan fingerprint density at radius 1 is 1.21 bits per heavy atom. The molecule has 4 rings (SSSR count). The van der Waals surface area contributed by atoms with Gasteiger partial charge in [0, 0.05) is 24.3 Å². The smallest absolute Gasteiger partial charge is 0.259 e. The summed E-state index contributed by atoms with van der Waals surface area (Å²) in [5.41, 5.74) is 8.39. The van der Waals surface area contributed by atoms with Crippen molar-refractivity contribution in [2.75, 3.05) is 0 Å². The molecule has 1 amide bonds. The number of carbonyl (C=O) groups is 1. The quantitative estimate of drug-likeness (QED) is 0.488. The monoisotopic (exact) mass is 388 g/mol. The minimum atomic E-state index is -0.732. The zero-order valence-electron chi connectivity index (χ0n) is 15.8. The van der Waals surface area contributed by atoms with Gasteiger partial charge in [0.05, 0.1) is 5.56 Å². The molecule has 2 aromatic heterocycles. The van der Waals surface area contributed by atoms with Crippen LogP contribution in [-0.2, 0) is 11.2 Å². The molecule has 0 saturated heterocycles. The predicted molar refractivity (Wildman–Crippen MR) is 111 cm³/mol. The Morgan fingerprint density at radius 2 is 1.97 bits per heavy atom. The molecule has 2 aromatic carbocycles. The fourth-order valence-corrected chi connectivity index (χ4v) is 3.46. The van der Waals surface area contributed by atoms with Crippen LogP contribution in [0.1, 0.15) is 17.2 Å². The summed E-state index contributed by atoms with van der Waals surface area (Å²) in [6, 6.07) is 13.4. The van der Waals surface area contributed by atoms with Crippen LogP contribution in [0.3, 0.4) is 0 Å². The first kappa shape index (κ1) is 18.5. The summed E-state index contributed by atoms with van der Waals surface area (Å²) in [5.74, 6) is -0.0201. The number of aromatic nitrogens is 3. The largest absolute Gasteiger partial charge is 0.508 e. The summed E-state index contributed by atoms with van der Waals surface area (Å²) in [6.45, 7) is 1.98. The van der Waals surface area contributed by atoms with Gasteiger partial charge in [0.1, 0.15) is 17.6 Å². The Balaban J connectivity index is 1.79. The lowest BCUT2D eigenvalue weighted by molar-refractivity contribution is -0.121. The minimum absolute atomic E-state index is 0.144. The zero-order chi connectivity index (χ0) is 20.5. The van der Waals surface area contributed by atoms with E-state index in [1.54, 1.807) is 47.3 Å². The molecule has 146 valence electrons. The average Bonchev–Trinajstić information content (AvgIpc) is 3.16. The number of phenols is 1. The Morgan fingerprint density at radius 3 is 2.69 bits per heavy atom. The number of aromatic hydroxyl groups is 1. The number of nitrogens with two attached hydrogens (primary N) is 1. The van der Waals surface area contributed by atoms with Crippen molar-refractivity contribution in [1.29, 1.82) is 0 Å². The molecular formula is C22H20N4O3. The summed E-state index contributed by atoms with van der Waals surface area (Å²) in [6.07, 6.45) is 3.50. The zero-order valence-corrected chi connectivity index (χ0v) is 15.8. The van der Waals surface area contributed by atoms with Crippen molar-refractivity contribution in [2.24, 2.45) is 5.73 Å². The van der Waals surface area contributed by atoms with Crippen LogP contribution in [0.4, 0.5) is 0 Å². The SMILES string of the molecule is Cc1ccc2[nH]c(=O)c(-c3nccn3C(Cc3ccc(O)cc3)C(N)=O)cc2c1. The number of hydrogen-bond acceptors (Lipinski definition) is 4. The maximum absolute atomic E-state index is 12.7. The van der Waals surface area contributed by atoms with Crippen molar-refractivity contribution in [3.05, 3.63) is 82.4 Å². The van der Waals surface area contributed by atoms with Crippen molar-refractivity contribution in [3.63, 3.8) is 0 Å². The van der Waals surface area contributed by atoms with E-state index in [1.165, 1.54) is 0 Å². The molecule has 0 fully saturated rings. The second kappa shape index (κ2) is 7.27. The highest BCUT2D eigenvalue weighted by Crippen LogP contribution is 2.24. The third-order valence-electron chi connectivity index (χ3n) is 4.94. The number of hydrogen-bond donors (Lipinski definition) is 3. The number of rotatable bonds is 5. The molecule has 7 nitrogen and oxygen atoms in total. The maximum atomic E-state index is 12.7. The number of benzene rings is 2. The highest BCUT2D eigenvalue weighted by molar-refractivity contribution is 5.84. The van der Waals surface area contributed by atoms with Gasteiger partial charge in [0.15, 0.2) is 0 Å². The standard InChI is InChI=1S/C22H20N4O3/c1-13-2-7-18-15(10-13)12-17(22(29)25-18)21-24-8-9-26(21)19(20(23)28)11-14-3-5-16(27)6-4-14/h2-10,12,19,27H,11H2,1H3,(H2,23,28)(H,25,29). The number of aryl methyl sites for hydroxylation is 1. The number of pyridine rings is 1. The van der Waals surface area contributed by atoms with Gasteiger partial charge in [-0.3, -0.25) is 9.59 Å². The Kier molecular flexibility index (Phi) is 4.64. The minimum Gasteiger partial charge on any atom is -0.508 e. The molecule has 4 aromatic rings. The van der Waals surface area contributed by atoms with E-state index in [9.17, 15) is 14.7 Å². The molecular weight excluding hydrogens is 368 g/mol. The van der Waals surface area contributed by atoms with Gasteiger partial charge in [-0.05, 0) is 48.2 Å². The lowest BCUT2D eigenvalue weighted by atomic mass is 10.0. The van der Waals surface area contributed by atoms with Gasteiger partial charge in [-0.25, -0.2) is 4.98 Å². The van der Waals surface area contributed by atoms with Crippen LogP contribution in [0.2, 0.25) is 0 Å². The summed E-state index contributed by atoms with van der Waals surface area (Å²) in [4.78, 5) is 32.1. The van der Waals surface area contributed by atoms with Gasteiger partial charge in [-0.1, -0.05) is 23.8 Å². The summed E-state index contributed by atoms with van der Waals surface area (Å²) in [7, 11) is 0. The molecule has 0 aliphatic heterocycles. The Bertz CT molecular complexity index is 1260. The van der Waals surface area contributed by atoms with Gasteiger partial charge in [-0.2, -0.15) is 0 Å². The van der Waals surface area contributed by atoms with Crippen molar-refractivity contribution in [2.45, 2.75) is 19.4 Å². The van der Waals surface area contributed by atoms with Crippen LogP contribution in [-0.4, -0.2) is 25.5 Å². The predicted octanol–water partition coefficient (Wildman–Crippen LogP) is 2.67. The van der Waals surface area contributed by atoms with E-state index in [-0.39, 0.29) is 11.3 Å². The van der Waals surface area contributed by atoms with Crippen LogP contribution in [0.25, 0.3) is 22.3 Å². The van der Waals surface area contributed by atoms with Gasteiger partial charge < -0.3 is 20.4 Å². The number of amides is 1. The second-order valence-electron chi connectivity index (χ2n) is 7.05. The molecule has 4 N–H and O–H groups in total. The molecule has 0 saturated carbocycles. The number of aromatic amines is 1. The average molecular weight is 388 g/mol. The van der Waals surface area contributed by atoms with Crippen LogP contribution in [0.5, 0.6) is 5.75 Å². The molecule has 2 heterocycles. The fourth-order valence-electron chi connectivity index (χ4n) is 3.46. The first-order valence-corrected chi connectivity index (χ1v) is 9.16. The molecule has 0 bridgehead atoms. The van der Waals surface area contributed by atoms with Crippen molar-refractivity contribution >= 4 is 16.8 Å². The van der Waals surface area contributed by atoms with Gasteiger partial charge >= 0.3 is 0 Å². The molecule has 1 atom stereocenters. The first-order chi connectivity index (χ1) is 13.9. The summed E-state index contributed by atoms with van der Waals surface area (Å²) < 4.78 is 1.63. The van der Waals surface area contributed by atoms with Gasteiger partial charge in [0.2, 0.25) is 5.91 Å². The number of primary amides is 1. The number of fused-ring (bicyclic) bond motifs is 1. The fraction of sp³-hybridized carbons (Fsp3) is 0.136. The second-order valence-corrected chi connectivity index (χ2v) is 7.05. The van der Waals surface area contributed by atoms with E-state index < -0.39 is 11.9 Å². The molecule has 29 heavy (non-hydrogen) atoms. The molecule has 0 spiro atoms. The van der Waals surface area contributed by atoms with E-state index in [2.05, 4.69) is 9.97 Å². The third kappa shape index (κ3) is 3.62. The summed E-state index contributed by atoms with van der Waals surface area (Å²) >= 11 is 0. The van der Waals surface area contributed by atoms with E-state index in [0.717, 1.165) is 22.0 Å². The van der Waals surface area contributed by atoms with E-state index in [0.29, 0.717) is 17.8 Å². The van der Waals surface area contributed by atoms with Crippen LogP contribution >= 0.6 is 0 Å². The molecule has 0 aliphatic rings. The third-order valence-corrected chi connectivity index (χ3v) is 4.94. The molecule has 1 unspecified atom stereocenters. The molecule has 0 aliphatic carbocycles. The molecule has 7 heteroatoms. The van der Waals surface area contributed by atoms with Gasteiger partial charge in [-0.15, -0.1) is 0 Å². The number of nitrogens with zero attached hydrogens (tertiary/aromatic N) is 2. The highest BCUT2D eigenvalue weighted by atomic mass is 16.3. The number of nitrogens with one attached hydrogen (secondary N) is 1. The normalized spacial score (nSPS) is 12.2. The van der Waals surface area contributed by atoms with Gasteiger partial charge in [0.25, 0.3) is 5.56 Å². The number of carbonyl (C=O) groups excluding carboxylic acids is 1. The van der Waals surface area contributed by atoms with Crippen LogP contribution < -0.4 is 11.3 Å². The lowest BCUT2D eigenvalue weighted by Crippen LogP contribution is -2.29. The van der Waals surface area contributed by atoms with Crippen LogP contribution in [0, 0.1) is 6.92 Å². The van der Waals surface area contributed by atoms with E-state index >= 15 is 0 Å². The van der Waals surface area contributed by atoms with Crippen molar-refractivity contribution in [1.82, 2.24) is 14.5 Å². The van der Waals surface area contributed by atoms with Crippen molar-refractivity contribution in [3.8, 4) is 17.1 Å². The van der Waals surface area contributed by atoms with E-state index in [1.807, 2.05) is 25.1 Å². The Labute approximate surface area is 166 Å².